The Morgan fingerprint density at radius 3 is 2.43 bits per heavy atom. The third-order valence-electron chi connectivity index (χ3n) is 2.85. The fraction of sp³-hybridized carbons (Fsp3) is 0.857. The van der Waals surface area contributed by atoms with Crippen LogP contribution < -0.4 is 0 Å². The molecule has 0 nitrogen and oxygen atoms in total. The monoisotopic (exact) mass is 196 g/mol. The SMILES string of the molecule is CCCCC(C)CCC=C(C)CCC. The largest absolute Gasteiger partial charge is 0.0856 e. The molecule has 0 radical (unpaired) electrons. The summed E-state index contributed by atoms with van der Waals surface area (Å²) < 4.78 is 0. The van der Waals surface area contributed by atoms with E-state index in [4.69, 9.17) is 0 Å². The lowest BCUT2D eigenvalue weighted by Gasteiger charge is -2.08. The predicted octanol–water partition coefficient (Wildman–Crippen LogP) is 5.34. The Bertz CT molecular complexity index is 144. The van der Waals surface area contributed by atoms with Crippen LogP contribution in [0, 0.1) is 5.92 Å². The van der Waals surface area contributed by atoms with Crippen molar-refractivity contribution in [3.63, 3.8) is 0 Å². The zero-order chi connectivity index (χ0) is 10.8. The Morgan fingerprint density at radius 2 is 1.86 bits per heavy atom. The van der Waals surface area contributed by atoms with Crippen molar-refractivity contribution in [2.75, 3.05) is 0 Å². The van der Waals surface area contributed by atoms with Crippen LogP contribution in [0.4, 0.5) is 0 Å². The highest BCUT2D eigenvalue weighted by atomic mass is 14.1. The van der Waals surface area contributed by atoms with Crippen LogP contribution in [0.1, 0.15) is 72.6 Å². The van der Waals surface area contributed by atoms with Crippen molar-refractivity contribution >= 4 is 0 Å². The summed E-state index contributed by atoms with van der Waals surface area (Å²) in [4.78, 5) is 0. The molecule has 0 rings (SSSR count). The molecule has 0 aliphatic heterocycles. The van der Waals surface area contributed by atoms with Gasteiger partial charge in [-0.2, -0.15) is 0 Å². The van der Waals surface area contributed by atoms with Gasteiger partial charge >= 0.3 is 0 Å². The molecule has 0 bridgehead atoms. The molecule has 0 saturated carbocycles. The second kappa shape index (κ2) is 9.30. The molecule has 0 aromatic rings. The fourth-order valence-corrected chi connectivity index (χ4v) is 1.81. The van der Waals surface area contributed by atoms with Gasteiger partial charge in [0.1, 0.15) is 0 Å². The van der Waals surface area contributed by atoms with E-state index >= 15 is 0 Å². The number of unbranched alkanes of at least 4 members (excludes halogenated alkanes) is 1. The highest BCUT2D eigenvalue weighted by molar-refractivity contribution is 4.97. The van der Waals surface area contributed by atoms with Gasteiger partial charge in [0.05, 0.1) is 0 Å². The highest BCUT2D eigenvalue weighted by Gasteiger charge is 1.99. The number of hydrogen-bond donors (Lipinski definition) is 0. The summed E-state index contributed by atoms with van der Waals surface area (Å²) in [7, 11) is 0. The van der Waals surface area contributed by atoms with Crippen molar-refractivity contribution in [2.24, 2.45) is 5.92 Å². The van der Waals surface area contributed by atoms with Crippen molar-refractivity contribution in [3.05, 3.63) is 11.6 Å². The fourth-order valence-electron chi connectivity index (χ4n) is 1.81. The Labute approximate surface area is 90.8 Å². The van der Waals surface area contributed by atoms with Crippen LogP contribution in [0.2, 0.25) is 0 Å². The van der Waals surface area contributed by atoms with Crippen LogP contribution in [-0.4, -0.2) is 0 Å². The summed E-state index contributed by atoms with van der Waals surface area (Å²) in [6, 6.07) is 0. The van der Waals surface area contributed by atoms with Crippen molar-refractivity contribution in [3.8, 4) is 0 Å². The lowest BCUT2D eigenvalue weighted by Crippen LogP contribution is -1.93. The van der Waals surface area contributed by atoms with Crippen LogP contribution in [0.3, 0.4) is 0 Å². The average molecular weight is 196 g/mol. The molecule has 0 N–H and O–H groups in total. The summed E-state index contributed by atoms with van der Waals surface area (Å²) in [6.07, 6.45) is 11.8. The van der Waals surface area contributed by atoms with Gasteiger partial charge in [0.25, 0.3) is 0 Å². The maximum Gasteiger partial charge on any atom is -0.0326 e. The van der Waals surface area contributed by atoms with Crippen LogP contribution in [0.25, 0.3) is 0 Å². The summed E-state index contributed by atoms with van der Waals surface area (Å²) in [5.41, 5.74) is 1.58. The Kier molecular flexibility index (Phi) is 9.13. The van der Waals surface area contributed by atoms with Crippen LogP contribution in [0.5, 0.6) is 0 Å². The van der Waals surface area contributed by atoms with Crippen molar-refractivity contribution < 1.29 is 0 Å². The molecule has 0 fully saturated rings. The van der Waals surface area contributed by atoms with E-state index in [1.165, 1.54) is 44.9 Å². The lowest BCUT2D eigenvalue weighted by atomic mass is 9.98. The zero-order valence-electron chi connectivity index (χ0n) is 10.6. The molecular weight excluding hydrogens is 168 g/mol. The molecule has 0 spiro atoms. The summed E-state index contributed by atoms with van der Waals surface area (Å²) in [5, 5.41) is 0. The van der Waals surface area contributed by atoms with E-state index in [-0.39, 0.29) is 0 Å². The number of rotatable bonds is 8. The summed E-state index contributed by atoms with van der Waals surface area (Å²) in [5.74, 6) is 0.917. The van der Waals surface area contributed by atoms with Gasteiger partial charge in [-0.05, 0) is 32.1 Å². The van der Waals surface area contributed by atoms with E-state index in [2.05, 4.69) is 33.8 Å². The maximum absolute atomic E-state index is 2.44. The molecule has 0 aromatic carbocycles. The van der Waals surface area contributed by atoms with E-state index < -0.39 is 0 Å². The minimum atomic E-state index is 0.917. The van der Waals surface area contributed by atoms with Crippen molar-refractivity contribution in [1.29, 1.82) is 0 Å². The molecule has 0 aromatic heterocycles. The van der Waals surface area contributed by atoms with Crippen molar-refractivity contribution in [1.82, 2.24) is 0 Å². The van der Waals surface area contributed by atoms with E-state index in [9.17, 15) is 0 Å². The molecular formula is C14H28. The molecule has 0 amide bonds. The second-order valence-corrected chi connectivity index (χ2v) is 4.63. The molecule has 1 unspecified atom stereocenters. The van der Waals surface area contributed by atoms with Gasteiger partial charge in [0.2, 0.25) is 0 Å². The summed E-state index contributed by atoms with van der Waals surface area (Å²) in [6.45, 7) is 9.18. The van der Waals surface area contributed by atoms with Gasteiger partial charge < -0.3 is 0 Å². The molecule has 0 aliphatic carbocycles. The van der Waals surface area contributed by atoms with Gasteiger partial charge in [0, 0.05) is 0 Å². The van der Waals surface area contributed by atoms with Gasteiger partial charge in [-0.25, -0.2) is 0 Å². The normalized spacial score (nSPS) is 14.4. The van der Waals surface area contributed by atoms with Gasteiger partial charge in [0.15, 0.2) is 0 Å². The van der Waals surface area contributed by atoms with Gasteiger partial charge in [-0.15, -0.1) is 0 Å². The van der Waals surface area contributed by atoms with Crippen LogP contribution >= 0.6 is 0 Å². The molecule has 0 aliphatic rings. The first-order chi connectivity index (χ1) is 6.70. The average Bonchev–Trinajstić information content (AvgIpc) is 2.15. The van der Waals surface area contributed by atoms with E-state index in [0.717, 1.165) is 5.92 Å². The molecule has 14 heavy (non-hydrogen) atoms. The van der Waals surface area contributed by atoms with E-state index in [0.29, 0.717) is 0 Å². The quantitative estimate of drug-likeness (QED) is 0.460. The standard InChI is InChI=1S/C14H28/c1-5-7-10-14(4)12-8-11-13(3)9-6-2/h11,14H,5-10,12H2,1-4H3. The smallest absolute Gasteiger partial charge is 0.0326 e. The Hall–Kier alpha value is -0.260. The highest BCUT2D eigenvalue weighted by Crippen LogP contribution is 2.15. The number of hydrogen-bond acceptors (Lipinski definition) is 0. The first kappa shape index (κ1) is 13.7. The van der Waals surface area contributed by atoms with Crippen LogP contribution in [-0.2, 0) is 0 Å². The lowest BCUT2D eigenvalue weighted by molar-refractivity contribution is 0.475. The zero-order valence-corrected chi connectivity index (χ0v) is 10.6. The third kappa shape index (κ3) is 8.34. The first-order valence-corrected chi connectivity index (χ1v) is 6.36. The Morgan fingerprint density at radius 1 is 1.14 bits per heavy atom. The van der Waals surface area contributed by atoms with Gasteiger partial charge in [-0.1, -0.05) is 58.1 Å². The van der Waals surface area contributed by atoms with E-state index in [1.54, 1.807) is 5.57 Å². The topological polar surface area (TPSA) is 0 Å². The van der Waals surface area contributed by atoms with Gasteiger partial charge in [-0.3, -0.25) is 0 Å². The minimum absolute atomic E-state index is 0.917. The van der Waals surface area contributed by atoms with Crippen molar-refractivity contribution in [2.45, 2.75) is 72.6 Å². The molecule has 0 heteroatoms. The Balaban J connectivity index is 3.46. The molecule has 0 saturated heterocycles. The molecule has 84 valence electrons. The first-order valence-electron chi connectivity index (χ1n) is 6.36. The minimum Gasteiger partial charge on any atom is -0.0856 e. The molecule has 1 atom stereocenters. The number of allylic oxidation sites excluding steroid dienone is 2. The maximum atomic E-state index is 2.44. The predicted molar refractivity (Wildman–Crippen MR) is 66.6 cm³/mol. The second-order valence-electron chi connectivity index (χ2n) is 4.63. The van der Waals surface area contributed by atoms with E-state index in [1.807, 2.05) is 0 Å². The van der Waals surface area contributed by atoms with Crippen LogP contribution in [0.15, 0.2) is 11.6 Å². The summed E-state index contributed by atoms with van der Waals surface area (Å²) >= 11 is 0. The molecule has 0 heterocycles. The third-order valence-corrected chi connectivity index (χ3v) is 2.85.